The molecule has 2 aromatic rings. The zero-order valence-electron chi connectivity index (χ0n) is 11.1. The fourth-order valence-electron chi connectivity index (χ4n) is 1.83. The van der Waals surface area contributed by atoms with Crippen molar-refractivity contribution in [3.8, 4) is 0 Å². The molecule has 0 aliphatic carbocycles. The molecule has 0 unspecified atom stereocenters. The molecule has 0 bridgehead atoms. The van der Waals surface area contributed by atoms with E-state index in [2.05, 4.69) is 10.2 Å². The molecular formula is C12H13F3N4OS. The predicted molar refractivity (Wildman–Crippen MR) is 72.0 cm³/mol. The second kappa shape index (κ2) is 5.94. The Morgan fingerprint density at radius 1 is 1.43 bits per heavy atom. The minimum atomic E-state index is -4.47. The number of hydrogen-bond acceptors (Lipinski definition) is 4. The summed E-state index contributed by atoms with van der Waals surface area (Å²) in [5, 5.41) is 6.38. The number of H-pyrrole nitrogens is 1. The molecule has 0 aliphatic rings. The summed E-state index contributed by atoms with van der Waals surface area (Å²) in [6, 6.07) is 3.89. The van der Waals surface area contributed by atoms with Gasteiger partial charge < -0.3 is 5.73 Å². The minimum absolute atomic E-state index is 0.0294. The third kappa shape index (κ3) is 3.30. The largest absolute Gasteiger partial charge is 0.416 e. The molecule has 3 N–H and O–H groups in total. The molecule has 2 rings (SSSR count). The van der Waals surface area contributed by atoms with Gasteiger partial charge in [-0.2, -0.15) is 13.2 Å². The molecule has 21 heavy (non-hydrogen) atoms. The Balaban J connectivity index is 2.39. The van der Waals surface area contributed by atoms with Gasteiger partial charge in [-0.15, -0.1) is 5.10 Å². The van der Waals surface area contributed by atoms with Crippen molar-refractivity contribution in [2.75, 3.05) is 0 Å². The maximum atomic E-state index is 13.0. The maximum Gasteiger partial charge on any atom is 0.416 e. The molecule has 1 heterocycles. The van der Waals surface area contributed by atoms with Crippen LogP contribution in [-0.2, 0) is 19.3 Å². The number of nitrogens with two attached hydrogens (primary N) is 1. The zero-order valence-corrected chi connectivity index (χ0v) is 11.9. The first-order valence-electron chi connectivity index (χ1n) is 6.10. The quantitative estimate of drug-likeness (QED) is 0.906. The molecule has 114 valence electrons. The van der Waals surface area contributed by atoms with Crippen molar-refractivity contribution in [1.29, 1.82) is 0 Å². The summed E-state index contributed by atoms with van der Waals surface area (Å²) >= 11 is 0.989. The fourth-order valence-corrected chi connectivity index (χ4v) is 2.76. The number of alkyl halides is 3. The summed E-state index contributed by atoms with van der Waals surface area (Å²) in [5.74, 6) is 0. The molecular weight excluding hydrogens is 305 g/mol. The molecule has 0 saturated carbocycles. The highest BCUT2D eigenvalue weighted by atomic mass is 32.2. The molecule has 0 atom stereocenters. The van der Waals surface area contributed by atoms with Gasteiger partial charge in [0.2, 0.25) is 0 Å². The van der Waals surface area contributed by atoms with Gasteiger partial charge in [-0.25, -0.2) is 9.89 Å². The molecule has 1 aromatic heterocycles. The third-order valence-corrected chi connectivity index (χ3v) is 3.84. The zero-order chi connectivity index (χ0) is 15.6. The summed E-state index contributed by atoms with van der Waals surface area (Å²) in [6.45, 7) is 1.94. The van der Waals surface area contributed by atoms with Crippen LogP contribution in [0.1, 0.15) is 18.1 Å². The van der Waals surface area contributed by atoms with Crippen LogP contribution in [0.25, 0.3) is 0 Å². The number of nitrogens with zero attached hydrogens (tertiary/aromatic N) is 2. The van der Waals surface area contributed by atoms with E-state index >= 15 is 0 Å². The highest BCUT2D eigenvalue weighted by Gasteiger charge is 2.33. The first-order valence-corrected chi connectivity index (χ1v) is 6.91. The van der Waals surface area contributed by atoms with E-state index in [9.17, 15) is 18.0 Å². The lowest BCUT2D eigenvalue weighted by molar-refractivity contribution is -0.138. The van der Waals surface area contributed by atoms with Crippen molar-refractivity contribution < 1.29 is 13.2 Å². The number of aromatic amines is 1. The van der Waals surface area contributed by atoms with Crippen LogP contribution in [-0.4, -0.2) is 14.8 Å². The normalized spacial score (nSPS) is 11.9. The van der Waals surface area contributed by atoms with Gasteiger partial charge in [0.15, 0.2) is 5.16 Å². The standard InChI is InChI=1S/C12H13F3N4OS/c1-2-19-10(20)17-18-11(19)21-8-4-3-7(6-16)9(5-8)12(13,14)15/h3-5H,2,6,16H2,1H3,(H,17,20). The number of rotatable bonds is 4. The van der Waals surface area contributed by atoms with Crippen LogP contribution in [0.5, 0.6) is 0 Å². The van der Waals surface area contributed by atoms with Gasteiger partial charge in [0.25, 0.3) is 0 Å². The SMILES string of the molecule is CCn1c(Sc2ccc(CN)c(C(F)(F)F)c2)n[nH]c1=O. The second-order valence-corrected chi connectivity index (χ2v) is 5.22. The number of nitrogens with one attached hydrogen (secondary N) is 1. The van der Waals surface area contributed by atoms with E-state index in [4.69, 9.17) is 5.73 Å². The monoisotopic (exact) mass is 318 g/mol. The van der Waals surface area contributed by atoms with Crippen LogP contribution >= 0.6 is 11.8 Å². The summed E-state index contributed by atoms with van der Waals surface area (Å²) in [6.07, 6.45) is -4.47. The molecule has 0 radical (unpaired) electrons. The van der Waals surface area contributed by atoms with Crippen LogP contribution in [0.15, 0.2) is 33.0 Å². The van der Waals surface area contributed by atoms with Gasteiger partial charge in [-0.1, -0.05) is 6.07 Å². The summed E-state index contributed by atoms with van der Waals surface area (Å²) < 4.78 is 40.2. The average Bonchev–Trinajstić information content (AvgIpc) is 2.78. The topological polar surface area (TPSA) is 76.7 Å². The van der Waals surface area contributed by atoms with E-state index < -0.39 is 17.4 Å². The molecule has 1 aromatic carbocycles. The Labute approximate surface area is 122 Å². The van der Waals surface area contributed by atoms with Gasteiger partial charge in [0.1, 0.15) is 0 Å². The smallest absolute Gasteiger partial charge is 0.326 e. The number of benzene rings is 1. The average molecular weight is 318 g/mol. The van der Waals surface area contributed by atoms with E-state index in [1.165, 1.54) is 16.7 Å². The van der Waals surface area contributed by atoms with Crippen LogP contribution in [0.4, 0.5) is 13.2 Å². The van der Waals surface area contributed by atoms with Gasteiger partial charge in [-0.3, -0.25) is 4.57 Å². The van der Waals surface area contributed by atoms with E-state index in [-0.39, 0.29) is 12.1 Å². The summed E-state index contributed by atoms with van der Waals surface area (Å²) in [4.78, 5) is 11.8. The number of aromatic nitrogens is 3. The van der Waals surface area contributed by atoms with Crippen molar-refractivity contribution in [1.82, 2.24) is 14.8 Å². The number of hydrogen-bond donors (Lipinski definition) is 2. The Morgan fingerprint density at radius 3 is 2.71 bits per heavy atom. The highest BCUT2D eigenvalue weighted by molar-refractivity contribution is 7.99. The Morgan fingerprint density at radius 2 is 2.14 bits per heavy atom. The Hall–Kier alpha value is -1.74. The summed E-state index contributed by atoms with van der Waals surface area (Å²) in [5.41, 5.74) is 4.20. The lowest BCUT2D eigenvalue weighted by Gasteiger charge is -2.13. The first kappa shape index (κ1) is 15.6. The fraction of sp³-hybridized carbons (Fsp3) is 0.333. The first-order chi connectivity index (χ1) is 9.86. The maximum absolute atomic E-state index is 13.0. The highest BCUT2D eigenvalue weighted by Crippen LogP contribution is 2.36. The van der Waals surface area contributed by atoms with Crippen LogP contribution in [0.2, 0.25) is 0 Å². The Bertz CT molecular complexity index is 693. The van der Waals surface area contributed by atoms with Crippen LogP contribution < -0.4 is 11.4 Å². The second-order valence-electron chi connectivity index (χ2n) is 4.18. The van der Waals surface area contributed by atoms with Crippen molar-refractivity contribution >= 4 is 11.8 Å². The lowest BCUT2D eigenvalue weighted by atomic mass is 10.1. The molecule has 5 nitrogen and oxygen atoms in total. The van der Waals surface area contributed by atoms with Crippen LogP contribution in [0.3, 0.4) is 0 Å². The predicted octanol–water partition coefficient (Wildman–Crippen LogP) is 2.22. The lowest BCUT2D eigenvalue weighted by Crippen LogP contribution is -2.16. The Kier molecular flexibility index (Phi) is 4.43. The van der Waals surface area contributed by atoms with E-state index in [0.717, 1.165) is 17.8 Å². The minimum Gasteiger partial charge on any atom is -0.326 e. The van der Waals surface area contributed by atoms with Crippen molar-refractivity contribution in [3.63, 3.8) is 0 Å². The van der Waals surface area contributed by atoms with E-state index in [0.29, 0.717) is 16.6 Å². The van der Waals surface area contributed by atoms with Crippen molar-refractivity contribution in [2.45, 2.75) is 36.2 Å². The van der Waals surface area contributed by atoms with Crippen molar-refractivity contribution in [3.05, 3.63) is 39.8 Å². The molecule has 0 saturated heterocycles. The molecule has 9 heteroatoms. The summed E-state index contributed by atoms with van der Waals surface area (Å²) in [7, 11) is 0. The van der Waals surface area contributed by atoms with Gasteiger partial charge >= 0.3 is 11.9 Å². The van der Waals surface area contributed by atoms with Crippen molar-refractivity contribution in [2.24, 2.45) is 5.73 Å². The van der Waals surface area contributed by atoms with E-state index in [1.807, 2.05) is 0 Å². The third-order valence-electron chi connectivity index (χ3n) is 2.86. The molecule has 0 fully saturated rings. The molecule has 0 spiro atoms. The van der Waals surface area contributed by atoms with Gasteiger partial charge in [-0.05, 0) is 36.4 Å². The number of halogens is 3. The molecule has 0 amide bonds. The molecule has 0 aliphatic heterocycles. The van der Waals surface area contributed by atoms with Gasteiger partial charge in [0, 0.05) is 18.0 Å². The van der Waals surface area contributed by atoms with Gasteiger partial charge in [0.05, 0.1) is 5.56 Å². The van der Waals surface area contributed by atoms with E-state index in [1.54, 1.807) is 6.92 Å². The van der Waals surface area contributed by atoms with Crippen LogP contribution in [0, 0.1) is 0 Å².